The average molecular weight is 208 g/mol. The standard InChI is InChI=1S/C11H12O2S/c12-14(13)7-6-11(9-14)8-10-4-2-1-3-5-10/h1-5,8H,6-7,9H2/b11-8+. The van der Waals surface area contributed by atoms with Gasteiger partial charge in [0.05, 0.1) is 11.5 Å². The fourth-order valence-corrected chi connectivity index (χ4v) is 3.12. The first-order valence-corrected chi connectivity index (χ1v) is 6.43. The third-order valence-corrected chi connectivity index (χ3v) is 3.95. The Balaban J connectivity index is 2.22. The number of hydrogen-bond donors (Lipinski definition) is 0. The van der Waals surface area contributed by atoms with Gasteiger partial charge < -0.3 is 0 Å². The van der Waals surface area contributed by atoms with Gasteiger partial charge in [-0.1, -0.05) is 42.0 Å². The molecule has 0 radical (unpaired) electrons. The summed E-state index contributed by atoms with van der Waals surface area (Å²) in [6.07, 6.45) is 2.67. The van der Waals surface area contributed by atoms with Crippen molar-refractivity contribution in [3.05, 3.63) is 41.5 Å². The Labute approximate surface area is 84.2 Å². The summed E-state index contributed by atoms with van der Waals surface area (Å²) >= 11 is 0. The lowest BCUT2D eigenvalue weighted by atomic mass is 10.1. The summed E-state index contributed by atoms with van der Waals surface area (Å²) < 4.78 is 22.4. The van der Waals surface area contributed by atoms with Crippen LogP contribution in [0.4, 0.5) is 0 Å². The van der Waals surface area contributed by atoms with Crippen LogP contribution >= 0.6 is 0 Å². The SMILES string of the molecule is O=S1(=O)CC/C(=C\c2ccccc2)C1. The molecule has 1 aromatic carbocycles. The van der Waals surface area contributed by atoms with Gasteiger partial charge in [-0.2, -0.15) is 0 Å². The van der Waals surface area contributed by atoms with Crippen LogP contribution in [0.3, 0.4) is 0 Å². The predicted octanol–water partition coefficient (Wildman–Crippen LogP) is 1.89. The lowest BCUT2D eigenvalue weighted by Gasteiger charge is -1.94. The van der Waals surface area contributed by atoms with E-state index in [2.05, 4.69) is 0 Å². The second-order valence-corrected chi connectivity index (χ2v) is 5.74. The van der Waals surface area contributed by atoms with Crippen LogP contribution in [-0.4, -0.2) is 19.9 Å². The summed E-state index contributed by atoms with van der Waals surface area (Å²) in [5.41, 5.74) is 2.11. The highest BCUT2D eigenvalue weighted by Crippen LogP contribution is 2.19. The Bertz CT molecular complexity index is 443. The third-order valence-electron chi connectivity index (χ3n) is 2.31. The van der Waals surface area contributed by atoms with Gasteiger partial charge in [0.25, 0.3) is 0 Å². The van der Waals surface area contributed by atoms with Crippen molar-refractivity contribution in [1.82, 2.24) is 0 Å². The number of benzene rings is 1. The number of hydrogen-bond acceptors (Lipinski definition) is 2. The van der Waals surface area contributed by atoms with Crippen LogP contribution in [0.25, 0.3) is 6.08 Å². The van der Waals surface area contributed by atoms with E-state index in [1.54, 1.807) is 0 Å². The molecule has 0 amide bonds. The molecular weight excluding hydrogens is 196 g/mol. The van der Waals surface area contributed by atoms with E-state index in [1.165, 1.54) is 0 Å². The Hall–Kier alpha value is -1.09. The maximum atomic E-state index is 11.2. The first-order valence-electron chi connectivity index (χ1n) is 4.61. The molecule has 2 nitrogen and oxygen atoms in total. The molecule has 0 aliphatic carbocycles. The summed E-state index contributed by atoms with van der Waals surface area (Å²) in [7, 11) is -2.78. The van der Waals surface area contributed by atoms with Gasteiger partial charge in [-0.05, 0) is 12.0 Å². The van der Waals surface area contributed by atoms with Crippen molar-refractivity contribution < 1.29 is 8.42 Å². The zero-order valence-corrected chi connectivity index (χ0v) is 8.63. The summed E-state index contributed by atoms with van der Waals surface area (Å²) in [6, 6.07) is 9.83. The number of sulfone groups is 1. The van der Waals surface area contributed by atoms with Crippen molar-refractivity contribution >= 4 is 15.9 Å². The quantitative estimate of drug-likeness (QED) is 0.706. The summed E-state index contributed by atoms with van der Waals surface area (Å²) in [6.45, 7) is 0. The molecule has 1 aromatic rings. The van der Waals surface area contributed by atoms with Crippen LogP contribution < -0.4 is 0 Å². The molecule has 0 aromatic heterocycles. The Morgan fingerprint density at radius 1 is 1.14 bits per heavy atom. The maximum absolute atomic E-state index is 11.2. The van der Waals surface area contributed by atoms with E-state index in [-0.39, 0.29) is 5.75 Å². The molecule has 0 saturated carbocycles. The average Bonchev–Trinajstić information content (AvgIpc) is 2.47. The second kappa shape index (κ2) is 3.58. The Morgan fingerprint density at radius 3 is 2.43 bits per heavy atom. The van der Waals surface area contributed by atoms with Crippen LogP contribution in [0.1, 0.15) is 12.0 Å². The minimum atomic E-state index is -2.78. The normalized spacial score (nSPS) is 22.7. The molecule has 1 heterocycles. The van der Waals surface area contributed by atoms with E-state index >= 15 is 0 Å². The monoisotopic (exact) mass is 208 g/mol. The van der Waals surface area contributed by atoms with Crippen molar-refractivity contribution in [2.45, 2.75) is 6.42 Å². The van der Waals surface area contributed by atoms with Crippen LogP contribution in [0.15, 0.2) is 35.9 Å². The van der Waals surface area contributed by atoms with Crippen molar-refractivity contribution in [3.63, 3.8) is 0 Å². The van der Waals surface area contributed by atoms with Gasteiger partial charge >= 0.3 is 0 Å². The first kappa shape index (κ1) is 9.46. The molecule has 2 rings (SSSR count). The molecule has 1 fully saturated rings. The van der Waals surface area contributed by atoms with Gasteiger partial charge in [-0.25, -0.2) is 8.42 Å². The summed E-state index contributed by atoms with van der Waals surface area (Å²) in [5, 5.41) is 0. The van der Waals surface area contributed by atoms with Crippen LogP contribution in [-0.2, 0) is 9.84 Å². The molecule has 0 spiro atoms. The molecular formula is C11H12O2S. The zero-order chi connectivity index (χ0) is 10.0. The molecule has 0 unspecified atom stereocenters. The second-order valence-electron chi connectivity index (χ2n) is 3.56. The first-order chi connectivity index (χ1) is 6.66. The lowest BCUT2D eigenvalue weighted by molar-refractivity contribution is 0.602. The van der Waals surface area contributed by atoms with E-state index in [0.29, 0.717) is 12.2 Å². The Morgan fingerprint density at radius 2 is 1.86 bits per heavy atom. The van der Waals surface area contributed by atoms with Crippen LogP contribution in [0, 0.1) is 0 Å². The zero-order valence-electron chi connectivity index (χ0n) is 7.81. The van der Waals surface area contributed by atoms with Gasteiger partial charge in [-0.15, -0.1) is 0 Å². The van der Waals surface area contributed by atoms with Gasteiger partial charge in [0.1, 0.15) is 0 Å². The highest BCUT2D eigenvalue weighted by molar-refractivity contribution is 7.91. The minimum absolute atomic E-state index is 0.238. The molecule has 3 heteroatoms. The van der Waals surface area contributed by atoms with Crippen LogP contribution in [0.2, 0.25) is 0 Å². The van der Waals surface area contributed by atoms with E-state index in [0.717, 1.165) is 11.1 Å². The van der Waals surface area contributed by atoms with Gasteiger partial charge in [0.15, 0.2) is 9.84 Å². The van der Waals surface area contributed by atoms with Gasteiger partial charge in [0, 0.05) is 0 Å². The summed E-state index contributed by atoms with van der Waals surface area (Å²) in [4.78, 5) is 0. The minimum Gasteiger partial charge on any atom is -0.228 e. The highest BCUT2D eigenvalue weighted by Gasteiger charge is 2.21. The smallest absolute Gasteiger partial charge is 0.154 e. The molecule has 1 aliphatic heterocycles. The molecule has 74 valence electrons. The lowest BCUT2D eigenvalue weighted by Crippen LogP contribution is -1.99. The van der Waals surface area contributed by atoms with Gasteiger partial charge in [0.2, 0.25) is 0 Å². The van der Waals surface area contributed by atoms with E-state index < -0.39 is 9.84 Å². The third kappa shape index (κ3) is 2.23. The fraction of sp³-hybridized carbons (Fsp3) is 0.273. The molecule has 0 atom stereocenters. The molecule has 1 saturated heterocycles. The van der Waals surface area contributed by atoms with Crippen LogP contribution in [0.5, 0.6) is 0 Å². The van der Waals surface area contributed by atoms with Gasteiger partial charge in [-0.3, -0.25) is 0 Å². The highest BCUT2D eigenvalue weighted by atomic mass is 32.2. The molecule has 1 aliphatic rings. The fourth-order valence-electron chi connectivity index (χ4n) is 1.61. The largest absolute Gasteiger partial charge is 0.228 e. The van der Waals surface area contributed by atoms with E-state index in [4.69, 9.17) is 0 Å². The topological polar surface area (TPSA) is 34.1 Å². The summed E-state index contributed by atoms with van der Waals surface area (Å²) in [5.74, 6) is 0.549. The number of rotatable bonds is 1. The molecule has 0 N–H and O–H groups in total. The van der Waals surface area contributed by atoms with Crippen molar-refractivity contribution in [3.8, 4) is 0 Å². The Kier molecular flexibility index (Phi) is 2.42. The maximum Gasteiger partial charge on any atom is 0.154 e. The van der Waals surface area contributed by atoms with Crippen molar-refractivity contribution in [2.24, 2.45) is 0 Å². The van der Waals surface area contributed by atoms with E-state index in [9.17, 15) is 8.42 Å². The van der Waals surface area contributed by atoms with Crippen molar-refractivity contribution in [2.75, 3.05) is 11.5 Å². The van der Waals surface area contributed by atoms with Crippen molar-refractivity contribution in [1.29, 1.82) is 0 Å². The molecule has 0 bridgehead atoms. The molecule has 14 heavy (non-hydrogen) atoms. The van der Waals surface area contributed by atoms with E-state index in [1.807, 2.05) is 36.4 Å². The predicted molar refractivity (Wildman–Crippen MR) is 57.7 cm³/mol.